The highest BCUT2D eigenvalue weighted by Gasteiger charge is 2.29. The third-order valence-electron chi connectivity index (χ3n) is 4.33. The first-order valence-electron chi connectivity index (χ1n) is 8.64. The van der Waals surface area contributed by atoms with Gasteiger partial charge in [-0.05, 0) is 29.8 Å². The van der Waals surface area contributed by atoms with Gasteiger partial charge in [-0.15, -0.1) is 0 Å². The molecular weight excluding hydrogens is 427 g/mol. The molecule has 0 saturated heterocycles. The van der Waals surface area contributed by atoms with Gasteiger partial charge in [0.1, 0.15) is 11.6 Å². The first-order chi connectivity index (χ1) is 13.6. The Hall–Kier alpha value is -3.00. The van der Waals surface area contributed by atoms with Crippen LogP contribution in [0.2, 0.25) is 0 Å². The molecule has 28 heavy (non-hydrogen) atoms. The summed E-state index contributed by atoms with van der Waals surface area (Å²) < 4.78 is 16.1. The predicted molar refractivity (Wildman–Crippen MR) is 107 cm³/mol. The van der Waals surface area contributed by atoms with E-state index in [-0.39, 0.29) is 18.1 Å². The number of carbonyl (C=O) groups is 1. The van der Waals surface area contributed by atoms with Crippen LogP contribution < -0.4 is 5.32 Å². The molecule has 0 saturated carbocycles. The quantitative estimate of drug-likeness (QED) is 0.649. The topological polar surface area (TPSA) is 68.5 Å². The lowest BCUT2D eigenvalue weighted by Crippen LogP contribution is -2.29. The van der Waals surface area contributed by atoms with Gasteiger partial charge in [-0.1, -0.05) is 45.4 Å². The molecule has 0 aliphatic carbocycles. The molecule has 1 amide bonds. The second kappa shape index (κ2) is 7.93. The van der Waals surface area contributed by atoms with E-state index in [1.165, 1.54) is 12.1 Å². The van der Waals surface area contributed by atoms with Crippen molar-refractivity contribution in [1.82, 2.24) is 9.78 Å². The number of nitrogens with zero attached hydrogens (tertiary/aromatic N) is 3. The Labute approximate surface area is 169 Å². The predicted octanol–water partition coefficient (Wildman–Crippen LogP) is 3.96. The highest BCUT2D eigenvalue weighted by Crippen LogP contribution is 2.20. The lowest BCUT2D eigenvalue weighted by Gasteiger charge is -2.12. The Morgan fingerprint density at radius 3 is 2.86 bits per heavy atom. The number of carbonyl (C=O) groups excluding carboxylic acids is 1. The minimum Gasteiger partial charge on any atom is -0.382 e. The maximum Gasteiger partial charge on any atom is 0.269 e. The summed E-state index contributed by atoms with van der Waals surface area (Å²) in [6.07, 6.45) is 1.13. The minimum atomic E-state index is -0.769. The zero-order chi connectivity index (χ0) is 19.5. The lowest BCUT2D eigenvalue weighted by atomic mass is 10.0. The molecule has 8 heteroatoms. The summed E-state index contributed by atoms with van der Waals surface area (Å²) in [6.45, 7) is 0.520. The van der Waals surface area contributed by atoms with Crippen molar-refractivity contribution in [3.05, 3.63) is 82.2 Å². The van der Waals surface area contributed by atoms with E-state index in [9.17, 15) is 9.18 Å². The summed E-state index contributed by atoms with van der Waals surface area (Å²) in [5, 5.41) is 11.0. The van der Waals surface area contributed by atoms with Crippen molar-refractivity contribution in [3.63, 3.8) is 0 Å². The third-order valence-corrected chi connectivity index (χ3v) is 4.86. The minimum absolute atomic E-state index is 0.274. The monoisotopic (exact) mass is 442 g/mol. The van der Waals surface area contributed by atoms with E-state index < -0.39 is 6.10 Å². The van der Waals surface area contributed by atoms with Gasteiger partial charge in [0.25, 0.3) is 5.91 Å². The summed E-state index contributed by atoms with van der Waals surface area (Å²) in [4.78, 5) is 17.8. The Morgan fingerprint density at radius 2 is 2.07 bits per heavy atom. The maximum absolute atomic E-state index is 13.4. The fourth-order valence-corrected chi connectivity index (χ4v) is 3.16. The molecule has 0 radical (unpaired) electrons. The molecule has 1 unspecified atom stereocenters. The molecular formula is C20H16BrFN4O2. The van der Waals surface area contributed by atoms with E-state index in [1.807, 2.05) is 24.3 Å². The molecule has 1 atom stereocenters. The highest BCUT2D eigenvalue weighted by molar-refractivity contribution is 9.10. The molecule has 0 bridgehead atoms. The van der Waals surface area contributed by atoms with Gasteiger partial charge in [0.15, 0.2) is 0 Å². The second-order valence-corrected chi connectivity index (χ2v) is 7.25. The van der Waals surface area contributed by atoms with E-state index in [0.717, 1.165) is 10.0 Å². The summed E-state index contributed by atoms with van der Waals surface area (Å²) in [5.74, 6) is -0.117. The van der Waals surface area contributed by atoms with Gasteiger partial charge in [-0.3, -0.25) is 4.79 Å². The van der Waals surface area contributed by atoms with Gasteiger partial charge in [-0.2, -0.15) is 5.10 Å². The molecule has 142 valence electrons. The average molecular weight is 443 g/mol. The van der Waals surface area contributed by atoms with Crippen LogP contribution in [0, 0.1) is 5.82 Å². The number of benzene rings is 2. The average Bonchev–Trinajstić information content (AvgIpc) is 3.34. The number of anilines is 1. The molecule has 1 aromatic heterocycles. The molecule has 0 fully saturated rings. The van der Waals surface area contributed by atoms with Crippen molar-refractivity contribution in [3.8, 4) is 0 Å². The normalized spacial score (nSPS) is 15.8. The van der Waals surface area contributed by atoms with E-state index in [4.69, 9.17) is 4.84 Å². The second-order valence-electron chi connectivity index (χ2n) is 6.34. The number of oxime groups is 1. The van der Waals surface area contributed by atoms with Crippen LogP contribution >= 0.6 is 15.9 Å². The molecule has 0 spiro atoms. The zero-order valence-corrected chi connectivity index (χ0v) is 16.3. The molecule has 2 heterocycles. The lowest BCUT2D eigenvalue weighted by molar-refractivity contribution is -0.125. The van der Waals surface area contributed by atoms with Gasteiger partial charge in [0, 0.05) is 22.5 Å². The Bertz CT molecular complexity index is 1030. The van der Waals surface area contributed by atoms with Gasteiger partial charge in [0.2, 0.25) is 6.10 Å². The Balaban J connectivity index is 1.40. The van der Waals surface area contributed by atoms with Crippen LogP contribution in [0.25, 0.3) is 0 Å². The van der Waals surface area contributed by atoms with Crippen molar-refractivity contribution in [1.29, 1.82) is 0 Å². The largest absolute Gasteiger partial charge is 0.382 e. The number of hydrogen-bond donors (Lipinski definition) is 1. The summed E-state index contributed by atoms with van der Waals surface area (Å²) in [5.41, 5.74) is 2.20. The Morgan fingerprint density at radius 1 is 1.25 bits per heavy atom. The van der Waals surface area contributed by atoms with Gasteiger partial charge in [0.05, 0.1) is 18.5 Å². The molecule has 4 rings (SSSR count). The first kappa shape index (κ1) is 18.4. The van der Waals surface area contributed by atoms with Gasteiger partial charge >= 0.3 is 0 Å². The molecule has 6 nitrogen and oxygen atoms in total. The van der Waals surface area contributed by atoms with Crippen LogP contribution in [-0.4, -0.2) is 27.5 Å². The van der Waals surface area contributed by atoms with E-state index in [1.54, 1.807) is 29.1 Å². The van der Waals surface area contributed by atoms with Crippen LogP contribution in [0.3, 0.4) is 0 Å². The number of halogens is 2. The van der Waals surface area contributed by atoms with Crippen LogP contribution in [0.15, 0.2) is 70.4 Å². The van der Waals surface area contributed by atoms with Crippen molar-refractivity contribution in [2.75, 3.05) is 5.32 Å². The highest BCUT2D eigenvalue weighted by atomic mass is 79.9. The SMILES string of the molecule is O=C(Nc1ccnn1Cc1ccc(Br)cc1)C1CC(c2cccc(F)c2)=NO1. The number of nitrogens with one attached hydrogen (secondary N) is 1. The molecule has 3 aromatic rings. The number of aromatic nitrogens is 2. The first-order valence-corrected chi connectivity index (χ1v) is 9.43. The van der Waals surface area contributed by atoms with Crippen LogP contribution in [0.5, 0.6) is 0 Å². The molecule has 1 aliphatic heterocycles. The van der Waals surface area contributed by atoms with E-state index >= 15 is 0 Å². The van der Waals surface area contributed by atoms with Crippen molar-refractivity contribution >= 4 is 33.4 Å². The fourth-order valence-electron chi connectivity index (χ4n) is 2.89. The van der Waals surface area contributed by atoms with Gasteiger partial charge < -0.3 is 10.2 Å². The molecule has 1 aliphatic rings. The summed E-state index contributed by atoms with van der Waals surface area (Å²) >= 11 is 3.41. The number of hydrogen-bond acceptors (Lipinski definition) is 4. The molecule has 2 aromatic carbocycles. The van der Waals surface area contributed by atoms with Crippen LogP contribution in [0.4, 0.5) is 10.2 Å². The van der Waals surface area contributed by atoms with Crippen molar-refractivity contribution < 1.29 is 14.0 Å². The summed E-state index contributed by atoms with van der Waals surface area (Å²) in [6, 6.07) is 15.7. The number of rotatable bonds is 5. The van der Waals surface area contributed by atoms with Crippen molar-refractivity contribution in [2.24, 2.45) is 5.16 Å². The third kappa shape index (κ3) is 4.12. The van der Waals surface area contributed by atoms with Gasteiger partial charge in [-0.25, -0.2) is 9.07 Å². The molecule has 1 N–H and O–H groups in total. The Kier molecular flexibility index (Phi) is 5.21. The number of amides is 1. The maximum atomic E-state index is 13.4. The zero-order valence-electron chi connectivity index (χ0n) is 14.7. The fraction of sp³-hybridized carbons (Fsp3) is 0.150. The van der Waals surface area contributed by atoms with E-state index in [2.05, 4.69) is 31.5 Å². The van der Waals surface area contributed by atoms with Crippen LogP contribution in [-0.2, 0) is 16.2 Å². The van der Waals surface area contributed by atoms with Crippen molar-refractivity contribution in [2.45, 2.75) is 19.1 Å². The summed E-state index contributed by atoms with van der Waals surface area (Å²) in [7, 11) is 0. The smallest absolute Gasteiger partial charge is 0.269 e. The standard InChI is InChI=1S/C20H16BrFN4O2/c21-15-6-4-13(5-7-15)12-26-19(8-9-23-26)24-20(27)18-11-17(25-28-18)14-2-1-3-16(22)10-14/h1-10,18H,11-12H2,(H,24,27). The van der Waals surface area contributed by atoms with Crippen LogP contribution in [0.1, 0.15) is 17.5 Å². The van der Waals surface area contributed by atoms with E-state index in [0.29, 0.717) is 23.6 Å².